The summed E-state index contributed by atoms with van der Waals surface area (Å²) in [6, 6.07) is 42.4. The number of imide groups is 1. The molecule has 320 valence electrons. The predicted molar refractivity (Wildman–Crippen MR) is 246 cm³/mol. The first kappa shape index (κ1) is 48.7. The number of carboxylic acid groups (broad SMARTS) is 1. The van der Waals surface area contributed by atoms with E-state index >= 15 is 0 Å². The van der Waals surface area contributed by atoms with E-state index in [1.54, 1.807) is 37.4 Å². The first-order valence-corrected chi connectivity index (χ1v) is 19.1. The number of hydrogen-bond acceptors (Lipinski definition) is 6. The molecule has 0 unspecified atom stereocenters. The Morgan fingerprint density at radius 3 is 1.44 bits per heavy atom. The molecular weight excluding hydrogens is 781 g/mol. The normalized spacial score (nSPS) is 10.9. The lowest BCUT2D eigenvalue weighted by atomic mass is 10.0. The van der Waals surface area contributed by atoms with E-state index in [-0.39, 0.29) is 49.3 Å². The average molecular weight is 835 g/mol. The summed E-state index contributed by atoms with van der Waals surface area (Å²) in [5, 5.41) is 16.9. The van der Waals surface area contributed by atoms with Crippen LogP contribution in [-0.4, -0.2) is 54.7 Å². The minimum Gasteiger partial charge on any atom is -0.478 e. The maximum Gasteiger partial charge on any atom is 0.336 e. The number of carbonyl (C=O) groups excluding carboxylic acids is 5. The second-order valence-corrected chi connectivity index (χ2v) is 14.1. The fourth-order valence-electron chi connectivity index (χ4n) is 6.18. The van der Waals surface area contributed by atoms with Crippen LogP contribution >= 0.6 is 0 Å². The van der Waals surface area contributed by atoms with E-state index in [0.29, 0.717) is 22.5 Å². The fraction of sp³-hybridized carbons (Fsp3) is 0.176. The van der Waals surface area contributed by atoms with Crippen LogP contribution in [-0.2, 0) is 17.6 Å². The van der Waals surface area contributed by atoms with E-state index in [1.165, 1.54) is 60.5 Å². The minimum atomic E-state index is -1.12. The van der Waals surface area contributed by atoms with E-state index in [2.05, 4.69) is 78.3 Å². The second kappa shape index (κ2) is 22.6. The minimum absolute atomic E-state index is 0. The summed E-state index contributed by atoms with van der Waals surface area (Å²) >= 11 is 0. The smallest absolute Gasteiger partial charge is 0.336 e. The van der Waals surface area contributed by atoms with Crippen molar-refractivity contribution in [2.45, 2.75) is 48.5 Å². The van der Waals surface area contributed by atoms with Gasteiger partial charge in [0.25, 0.3) is 23.6 Å². The van der Waals surface area contributed by atoms with Gasteiger partial charge >= 0.3 is 5.97 Å². The van der Waals surface area contributed by atoms with Gasteiger partial charge in [0.15, 0.2) is 0 Å². The van der Waals surface area contributed by atoms with Crippen molar-refractivity contribution < 1.29 is 33.9 Å². The number of nitrogens with zero attached hydrogens (tertiary/aromatic N) is 1. The summed E-state index contributed by atoms with van der Waals surface area (Å²) in [6.07, 6.45) is 1.59. The van der Waals surface area contributed by atoms with Crippen molar-refractivity contribution in [3.8, 4) is 0 Å². The molecule has 1 aliphatic heterocycles. The zero-order chi connectivity index (χ0) is 43.3. The number of rotatable bonds is 9. The van der Waals surface area contributed by atoms with Gasteiger partial charge in [0.2, 0.25) is 5.91 Å². The molecule has 0 fully saturated rings. The number of anilines is 2. The van der Waals surface area contributed by atoms with E-state index in [9.17, 15) is 33.9 Å². The molecule has 6 aromatic rings. The molecule has 0 saturated heterocycles. The molecule has 1 heterocycles. The van der Waals surface area contributed by atoms with Crippen molar-refractivity contribution in [2.24, 2.45) is 0 Å². The Kier molecular flexibility index (Phi) is 17.8. The molecule has 6 aromatic carbocycles. The largest absolute Gasteiger partial charge is 0.478 e. The summed E-state index contributed by atoms with van der Waals surface area (Å²) < 4.78 is 0. The average Bonchev–Trinajstić information content (AvgIpc) is 3.51. The summed E-state index contributed by atoms with van der Waals surface area (Å²) in [5.41, 5.74) is 9.29. The van der Waals surface area contributed by atoms with Crippen molar-refractivity contribution >= 4 is 46.9 Å². The van der Waals surface area contributed by atoms with Crippen molar-refractivity contribution in [3.05, 3.63) is 201 Å². The maximum absolute atomic E-state index is 12.9. The van der Waals surface area contributed by atoms with Gasteiger partial charge in [-0.1, -0.05) is 111 Å². The van der Waals surface area contributed by atoms with Crippen LogP contribution in [0.15, 0.2) is 140 Å². The number of carboxylic acids is 1. The molecule has 0 bridgehead atoms. The standard InChI is InChI=1S/C24H20N2O3.C22H19NO3.C3H7NO.2CH4/c1-15-3-5-16(6-4-15)13-17-7-10-19(11-8-17)26-23(28)20-12-9-18(22(27)25-2)14-21(20)24(26)29;1-15-6-8-16(9-7-15)14-17-10-12-18(13-11-17)23-21(24)19-4-2-3-5-20(19)22(25)26;1-3(5)4-2;;/h3-12,14H,13H2,1-2H3,(H,25,27);2-13H,14H2,1H3,(H,23,24)(H,25,26);1-2H3,(H,4,5);2*1H4. The lowest BCUT2D eigenvalue weighted by Crippen LogP contribution is -2.29. The quantitative estimate of drug-likeness (QED) is 0.106. The Hall–Kier alpha value is -7.66. The number of aromatic carboxylic acids is 1. The molecule has 5 amide bonds. The summed E-state index contributed by atoms with van der Waals surface area (Å²) in [7, 11) is 3.12. The summed E-state index contributed by atoms with van der Waals surface area (Å²) in [4.78, 5) is 71.9. The van der Waals surface area contributed by atoms with Gasteiger partial charge in [0, 0.05) is 32.3 Å². The van der Waals surface area contributed by atoms with Crippen LogP contribution in [0.3, 0.4) is 0 Å². The SMILES string of the molecule is C.C.CNC(=O)c1ccc2c(c1)C(=O)N(c1ccc(Cc3ccc(C)cc3)cc1)C2=O.CNC(C)=O.Cc1ccc(Cc2ccc(NC(=O)c3ccccc3C(=O)O)cc2)cc1. The van der Waals surface area contributed by atoms with Crippen LogP contribution in [0.25, 0.3) is 0 Å². The fourth-order valence-corrected chi connectivity index (χ4v) is 6.18. The van der Waals surface area contributed by atoms with Gasteiger partial charge in [0.1, 0.15) is 0 Å². The number of amides is 5. The number of fused-ring (bicyclic) bond motifs is 1. The number of nitrogens with one attached hydrogen (secondary N) is 3. The Bertz CT molecular complexity index is 2510. The zero-order valence-electron chi connectivity index (χ0n) is 34.0. The Labute approximate surface area is 363 Å². The molecule has 0 spiro atoms. The summed E-state index contributed by atoms with van der Waals surface area (Å²) in [5.74, 6) is -2.64. The molecule has 4 N–H and O–H groups in total. The molecule has 7 rings (SSSR count). The zero-order valence-corrected chi connectivity index (χ0v) is 34.0. The maximum atomic E-state index is 12.9. The molecule has 62 heavy (non-hydrogen) atoms. The Morgan fingerprint density at radius 2 is 0.984 bits per heavy atom. The highest BCUT2D eigenvalue weighted by molar-refractivity contribution is 6.34. The first-order chi connectivity index (χ1) is 28.8. The third-order valence-corrected chi connectivity index (χ3v) is 9.59. The number of benzene rings is 6. The van der Waals surface area contributed by atoms with Crippen LogP contribution in [0.4, 0.5) is 11.4 Å². The first-order valence-electron chi connectivity index (χ1n) is 19.1. The van der Waals surface area contributed by atoms with E-state index < -0.39 is 17.8 Å². The molecule has 0 aliphatic carbocycles. The number of aryl methyl sites for hydroxylation is 2. The van der Waals surface area contributed by atoms with Crippen LogP contribution in [0.1, 0.15) is 107 Å². The molecule has 11 nitrogen and oxygen atoms in total. The van der Waals surface area contributed by atoms with Gasteiger partial charge < -0.3 is 21.1 Å². The third-order valence-electron chi connectivity index (χ3n) is 9.59. The van der Waals surface area contributed by atoms with E-state index in [1.807, 2.05) is 36.4 Å². The molecule has 1 aliphatic rings. The van der Waals surface area contributed by atoms with Crippen molar-refractivity contribution in [3.63, 3.8) is 0 Å². The monoisotopic (exact) mass is 834 g/mol. The Morgan fingerprint density at radius 1 is 0.548 bits per heavy atom. The topological polar surface area (TPSA) is 162 Å². The van der Waals surface area contributed by atoms with E-state index in [0.717, 1.165) is 28.9 Å². The van der Waals surface area contributed by atoms with Gasteiger partial charge in [-0.25, -0.2) is 9.69 Å². The lowest BCUT2D eigenvalue weighted by Gasteiger charge is -2.14. The predicted octanol–water partition coefficient (Wildman–Crippen LogP) is 9.31. The van der Waals surface area contributed by atoms with Crippen LogP contribution in [0, 0.1) is 13.8 Å². The highest BCUT2D eigenvalue weighted by Crippen LogP contribution is 2.30. The van der Waals surface area contributed by atoms with Crippen LogP contribution in [0.5, 0.6) is 0 Å². The molecule has 11 heteroatoms. The van der Waals surface area contributed by atoms with Crippen LogP contribution in [0.2, 0.25) is 0 Å². The second-order valence-electron chi connectivity index (χ2n) is 14.1. The van der Waals surface area contributed by atoms with Gasteiger partial charge in [-0.15, -0.1) is 0 Å². The van der Waals surface area contributed by atoms with Gasteiger partial charge in [-0.05, 0) is 104 Å². The highest BCUT2D eigenvalue weighted by atomic mass is 16.4. The van der Waals surface area contributed by atoms with Crippen molar-refractivity contribution in [2.75, 3.05) is 24.3 Å². The summed E-state index contributed by atoms with van der Waals surface area (Å²) in [6.45, 7) is 5.59. The Balaban J connectivity index is 0.000000291. The van der Waals surface area contributed by atoms with Crippen molar-refractivity contribution in [1.29, 1.82) is 0 Å². The molecule has 0 atom stereocenters. The van der Waals surface area contributed by atoms with Gasteiger partial charge in [-0.3, -0.25) is 24.0 Å². The highest BCUT2D eigenvalue weighted by Gasteiger charge is 2.37. The molecular formula is C51H54N4O7. The van der Waals surface area contributed by atoms with Crippen molar-refractivity contribution in [1.82, 2.24) is 10.6 Å². The molecule has 0 saturated carbocycles. The van der Waals surface area contributed by atoms with Crippen LogP contribution < -0.4 is 20.9 Å². The third kappa shape index (κ3) is 12.7. The number of carbonyl (C=O) groups is 6. The van der Waals surface area contributed by atoms with E-state index in [4.69, 9.17) is 0 Å². The van der Waals surface area contributed by atoms with Gasteiger partial charge in [0.05, 0.1) is 27.9 Å². The molecule has 0 radical (unpaired) electrons. The lowest BCUT2D eigenvalue weighted by molar-refractivity contribution is -0.118. The number of hydrogen-bond donors (Lipinski definition) is 4. The molecule has 0 aromatic heterocycles. The van der Waals surface area contributed by atoms with Gasteiger partial charge in [-0.2, -0.15) is 0 Å².